The number of rotatable bonds is 8. The molecule has 0 aliphatic heterocycles. The van der Waals surface area contributed by atoms with E-state index < -0.39 is 0 Å². The summed E-state index contributed by atoms with van der Waals surface area (Å²) in [4.78, 5) is 4.58. The van der Waals surface area contributed by atoms with Crippen LogP contribution in [0.5, 0.6) is 11.5 Å². The number of para-hydroxylation sites is 2. The van der Waals surface area contributed by atoms with E-state index in [9.17, 15) is 0 Å². The van der Waals surface area contributed by atoms with Crippen molar-refractivity contribution in [3.8, 4) is 17.6 Å². The van der Waals surface area contributed by atoms with Gasteiger partial charge in [0.05, 0.1) is 31.8 Å². The minimum atomic E-state index is -0.0768. The van der Waals surface area contributed by atoms with E-state index in [1.54, 1.807) is 13.2 Å². The summed E-state index contributed by atoms with van der Waals surface area (Å²) in [6.45, 7) is 5.84. The van der Waals surface area contributed by atoms with Crippen LogP contribution in [0.3, 0.4) is 0 Å². The number of hydrogen-bond donors (Lipinski definition) is 2. The van der Waals surface area contributed by atoms with Crippen LogP contribution < -0.4 is 20.1 Å². The topological polar surface area (TPSA) is 78.7 Å². The van der Waals surface area contributed by atoms with Crippen molar-refractivity contribution in [3.63, 3.8) is 0 Å². The molecule has 28 heavy (non-hydrogen) atoms. The number of hydrogen-bond acceptors (Lipinski definition) is 4. The van der Waals surface area contributed by atoms with E-state index >= 15 is 0 Å². The summed E-state index contributed by atoms with van der Waals surface area (Å²) < 4.78 is 11.3. The molecular weight excluding hydrogens is 467 g/mol. The maximum atomic E-state index is 8.99. The number of guanidine groups is 1. The van der Waals surface area contributed by atoms with Gasteiger partial charge in [-0.1, -0.05) is 24.3 Å². The van der Waals surface area contributed by atoms with Crippen LogP contribution in [-0.4, -0.2) is 32.3 Å². The predicted octanol–water partition coefficient (Wildman–Crippen LogP) is 3.71. The molecule has 0 spiro atoms. The third-order valence-electron chi connectivity index (χ3n) is 3.77. The van der Waals surface area contributed by atoms with Gasteiger partial charge in [0.25, 0.3) is 0 Å². The quantitative estimate of drug-likeness (QED) is 0.333. The Labute approximate surface area is 184 Å². The fourth-order valence-electron chi connectivity index (χ4n) is 2.47. The summed E-state index contributed by atoms with van der Waals surface area (Å²) in [5, 5.41) is 15.5. The van der Waals surface area contributed by atoms with Crippen molar-refractivity contribution in [2.24, 2.45) is 4.99 Å². The van der Waals surface area contributed by atoms with Gasteiger partial charge in [0.15, 0.2) is 17.5 Å². The van der Waals surface area contributed by atoms with Crippen LogP contribution in [0.25, 0.3) is 0 Å². The van der Waals surface area contributed by atoms with E-state index in [1.165, 1.54) is 0 Å². The molecular formula is C21H27IN4O2. The third-order valence-corrected chi connectivity index (χ3v) is 3.77. The highest BCUT2D eigenvalue weighted by molar-refractivity contribution is 14.0. The van der Waals surface area contributed by atoms with Gasteiger partial charge in [0.2, 0.25) is 0 Å². The second kappa shape index (κ2) is 12.8. The molecule has 0 amide bonds. The Morgan fingerprint density at radius 1 is 1.14 bits per heavy atom. The second-order valence-electron chi connectivity index (χ2n) is 5.97. The maximum absolute atomic E-state index is 8.99. The molecule has 7 heteroatoms. The molecule has 1 atom stereocenters. The molecule has 2 aromatic rings. The van der Waals surface area contributed by atoms with Crippen molar-refractivity contribution in [2.45, 2.75) is 26.5 Å². The Morgan fingerprint density at radius 2 is 1.89 bits per heavy atom. The highest BCUT2D eigenvalue weighted by atomic mass is 127. The van der Waals surface area contributed by atoms with Crippen LogP contribution in [0.2, 0.25) is 0 Å². The van der Waals surface area contributed by atoms with Crippen molar-refractivity contribution in [1.29, 1.82) is 5.26 Å². The average molecular weight is 494 g/mol. The molecule has 1 unspecified atom stereocenters. The summed E-state index contributed by atoms with van der Waals surface area (Å²) in [6, 6.07) is 17.2. The van der Waals surface area contributed by atoms with Gasteiger partial charge in [0, 0.05) is 6.54 Å². The van der Waals surface area contributed by atoms with Crippen molar-refractivity contribution >= 4 is 29.9 Å². The first-order valence-corrected chi connectivity index (χ1v) is 8.97. The standard InChI is InChI=1S/C21H26N4O2.HI/c1-4-23-21(25-15-18-9-7-8-17(12-18)13-22)24-14-16(2)27-20-11-6-5-10-19(20)26-3;/h5-12,16H,4,14-15H2,1-3H3,(H2,23,24,25);1H. The Morgan fingerprint density at radius 3 is 2.57 bits per heavy atom. The minimum absolute atomic E-state index is 0. The van der Waals surface area contributed by atoms with Crippen LogP contribution in [0.1, 0.15) is 25.0 Å². The molecule has 2 aromatic carbocycles. The van der Waals surface area contributed by atoms with Crippen LogP contribution in [-0.2, 0) is 6.54 Å². The Kier molecular flexibility index (Phi) is 10.8. The van der Waals surface area contributed by atoms with Crippen LogP contribution in [0.15, 0.2) is 53.5 Å². The molecule has 0 aromatic heterocycles. The van der Waals surface area contributed by atoms with Gasteiger partial charge in [-0.25, -0.2) is 4.99 Å². The smallest absolute Gasteiger partial charge is 0.191 e. The number of nitrogens with one attached hydrogen (secondary N) is 2. The zero-order valence-corrected chi connectivity index (χ0v) is 18.8. The van der Waals surface area contributed by atoms with Gasteiger partial charge >= 0.3 is 0 Å². The summed E-state index contributed by atoms with van der Waals surface area (Å²) in [6.07, 6.45) is -0.0768. The zero-order chi connectivity index (χ0) is 19.5. The van der Waals surface area contributed by atoms with Crippen molar-refractivity contribution in [1.82, 2.24) is 10.6 Å². The molecule has 0 bridgehead atoms. The summed E-state index contributed by atoms with van der Waals surface area (Å²) >= 11 is 0. The van der Waals surface area contributed by atoms with Crippen LogP contribution >= 0.6 is 24.0 Å². The van der Waals surface area contributed by atoms with Crippen LogP contribution in [0, 0.1) is 11.3 Å². The molecule has 0 heterocycles. The van der Waals surface area contributed by atoms with E-state index in [2.05, 4.69) is 21.7 Å². The van der Waals surface area contributed by atoms with E-state index in [1.807, 2.05) is 56.3 Å². The molecule has 0 saturated heterocycles. The Bertz CT molecular complexity index is 805. The molecule has 0 radical (unpaired) electrons. The summed E-state index contributed by atoms with van der Waals surface area (Å²) in [7, 11) is 1.63. The number of aliphatic imine (C=N–C) groups is 1. The van der Waals surface area contributed by atoms with Gasteiger partial charge in [-0.2, -0.15) is 5.26 Å². The fourth-order valence-corrected chi connectivity index (χ4v) is 2.47. The number of nitrogens with zero attached hydrogens (tertiary/aromatic N) is 2. The van der Waals surface area contributed by atoms with E-state index in [0.29, 0.717) is 36.1 Å². The Hall–Kier alpha value is -2.47. The number of methoxy groups -OCH3 is 1. The van der Waals surface area contributed by atoms with Gasteiger partial charge in [0.1, 0.15) is 6.10 Å². The first kappa shape index (κ1) is 23.6. The number of benzene rings is 2. The predicted molar refractivity (Wildman–Crippen MR) is 122 cm³/mol. The van der Waals surface area contributed by atoms with Gasteiger partial charge < -0.3 is 20.1 Å². The number of nitriles is 1. The molecule has 0 saturated carbocycles. The van der Waals surface area contributed by atoms with E-state index in [4.69, 9.17) is 14.7 Å². The lowest BCUT2D eigenvalue weighted by atomic mass is 10.1. The minimum Gasteiger partial charge on any atom is -0.493 e. The third kappa shape index (κ3) is 7.64. The lowest BCUT2D eigenvalue weighted by molar-refractivity contribution is 0.213. The van der Waals surface area contributed by atoms with Gasteiger partial charge in [-0.15, -0.1) is 24.0 Å². The molecule has 0 fully saturated rings. The summed E-state index contributed by atoms with van der Waals surface area (Å²) in [5.74, 6) is 2.13. The number of halogens is 1. The monoisotopic (exact) mass is 494 g/mol. The first-order valence-electron chi connectivity index (χ1n) is 8.97. The van der Waals surface area contributed by atoms with Gasteiger partial charge in [-0.05, 0) is 43.7 Å². The highest BCUT2D eigenvalue weighted by Gasteiger charge is 2.09. The summed E-state index contributed by atoms with van der Waals surface area (Å²) in [5.41, 5.74) is 1.63. The Balaban J connectivity index is 0.00000392. The molecule has 0 aliphatic rings. The van der Waals surface area contributed by atoms with E-state index in [0.717, 1.165) is 12.1 Å². The molecule has 6 nitrogen and oxygen atoms in total. The maximum Gasteiger partial charge on any atom is 0.191 e. The highest BCUT2D eigenvalue weighted by Crippen LogP contribution is 2.26. The number of ether oxygens (including phenoxy) is 2. The SMILES string of the molecule is CCNC(=NCc1cccc(C#N)c1)NCC(C)Oc1ccccc1OC.I. The molecule has 2 rings (SSSR count). The largest absolute Gasteiger partial charge is 0.493 e. The molecule has 150 valence electrons. The average Bonchev–Trinajstić information content (AvgIpc) is 2.70. The lowest BCUT2D eigenvalue weighted by Crippen LogP contribution is -2.41. The molecule has 0 aliphatic carbocycles. The zero-order valence-electron chi connectivity index (χ0n) is 16.4. The van der Waals surface area contributed by atoms with Crippen molar-refractivity contribution in [3.05, 3.63) is 59.7 Å². The van der Waals surface area contributed by atoms with Crippen molar-refractivity contribution < 1.29 is 9.47 Å². The van der Waals surface area contributed by atoms with Crippen LogP contribution in [0.4, 0.5) is 0 Å². The molecule has 2 N–H and O–H groups in total. The lowest BCUT2D eigenvalue weighted by Gasteiger charge is -2.19. The van der Waals surface area contributed by atoms with E-state index in [-0.39, 0.29) is 30.1 Å². The van der Waals surface area contributed by atoms with Gasteiger partial charge in [-0.3, -0.25) is 0 Å². The normalized spacial score (nSPS) is 11.6. The fraction of sp³-hybridized carbons (Fsp3) is 0.333. The first-order chi connectivity index (χ1) is 13.2. The van der Waals surface area contributed by atoms with Crippen molar-refractivity contribution in [2.75, 3.05) is 20.2 Å². The second-order valence-corrected chi connectivity index (χ2v) is 5.97.